The van der Waals surface area contributed by atoms with Gasteiger partial charge in [-0.2, -0.15) is 0 Å². The van der Waals surface area contributed by atoms with Crippen molar-refractivity contribution in [2.24, 2.45) is 7.05 Å². The summed E-state index contributed by atoms with van der Waals surface area (Å²) in [5.74, 6) is -0.292. The summed E-state index contributed by atoms with van der Waals surface area (Å²) in [6, 6.07) is 27.5. The van der Waals surface area contributed by atoms with Gasteiger partial charge >= 0.3 is 0 Å². The molecule has 0 radical (unpaired) electrons. The molecule has 0 fully saturated rings. The lowest BCUT2D eigenvalue weighted by Gasteiger charge is -2.28. The Kier molecular flexibility index (Phi) is 7.95. The van der Waals surface area contributed by atoms with E-state index in [1.54, 1.807) is 16.9 Å². The zero-order chi connectivity index (χ0) is 24.6. The average Bonchev–Trinajstić information content (AvgIpc) is 3.30. The van der Waals surface area contributed by atoms with Crippen molar-refractivity contribution in [3.63, 3.8) is 0 Å². The summed E-state index contributed by atoms with van der Waals surface area (Å²) in [5.41, 5.74) is 2.63. The predicted octanol–water partition coefficient (Wildman–Crippen LogP) is 4.50. The van der Waals surface area contributed by atoms with Crippen LogP contribution < -0.4 is 0 Å². The highest BCUT2D eigenvalue weighted by atomic mass is 16.5. The summed E-state index contributed by atoms with van der Waals surface area (Å²) < 4.78 is 7.25. The Morgan fingerprint density at radius 1 is 0.829 bits per heavy atom. The fraction of sp³-hybridized carbons (Fsp3) is 0.241. The first-order valence-corrected chi connectivity index (χ1v) is 11.7. The molecule has 1 heterocycles. The number of carbonyl (C=O) groups is 2. The molecule has 35 heavy (non-hydrogen) atoms. The molecule has 0 atom stereocenters. The highest BCUT2D eigenvalue weighted by Crippen LogP contribution is 2.18. The highest BCUT2D eigenvalue weighted by Gasteiger charge is 2.23. The van der Waals surface area contributed by atoms with Crippen molar-refractivity contribution in [3.05, 3.63) is 108 Å². The highest BCUT2D eigenvalue weighted by molar-refractivity contribution is 6.00. The Morgan fingerprint density at radius 2 is 1.57 bits per heavy atom. The van der Waals surface area contributed by atoms with Crippen molar-refractivity contribution in [3.8, 4) is 0 Å². The van der Waals surface area contributed by atoms with Gasteiger partial charge < -0.3 is 19.1 Å². The first-order valence-electron chi connectivity index (χ1n) is 11.7. The summed E-state index contributed by atoms with van der Waals surface area (Å²) in [7, 11) is 3.56. The molecule has 4 aromatic rings. The maximum absolute atomic E-state index is 13.6. The van der Waals surface area contributed by atoms with E-state index in [1.807, 2.05) is 103 Å². The minimum Gasteiger partial charge on any atom is -0.383 e. The van der Waals surface area contributed by atoms with Crippen LogP contribution in [-0.2, 0) is 29.7 Å². The Labute approximate surface area is 206 Å². The van der Waals surface area contributed by atoms with Gasteiger partial charge in [0.25, 0.3) is 5.91 Å². The fourth-order valence-electron chi connectivity index (χ4n) is 4.11. The molecule has 2 amide bonds. The zero-order valence-corrected chi connectivity index (χ0v) is 20.3. The van der Waals surface area contributed by atoms with Gasteiger partial charge in [-0.1, -0.05) is 60.7 Å². The number of benzene rings is 3. The number of aromatic nitrogens is 1. The number of carbonyl (C=O) groups excluding carboxylic acids is 2. The van der Waals surface area contributed by atoms with Gasteiger partial charge in [-0.3, -0.25) is 9.59 Å². The molecule has 180 valence electrons. The van der Waals surface area contributed by atoms with Crippen molar-refractivity contribution in [2.45, 2.75) is 13.1 Å². The lowest BCUT2D eigenvalue weighted by atomic mass is 10.1. The van der Waals surface area contributed by atoms with Gasteiger partial charge in [-0.15, -0.1) is 0 Å². The van der Waals surface area contributed by atoms with Gasteiger partial charge in [-0.05, 0) is 40.6 Å². The van der Waals surface area contributed by atoms with Gasteiger partial charge in [0.1, 0.15) is 6.54 Å². The molecule has 6 nitrogen and oxygen atoms in total. The lowest BCUT2D eigenvalue weighted by Crippen LogP contribution is -2.44. The topological polar surface area (TPSA) is 54.8 Å². The number of ether oxygens (including phenoxy) is 1. The van der Waals surface area contributed by atoms with Crippen LogP contribution in [-0.4, -0.2) is 53.0 Å². The molecular formula is C29H31N3O3. The number of methoxy groups -OCH3 is 1. The van der Waals surface area contributed by atoms with E-state index in [0.717, 1.165) is 22.0 Å². The van der Waals surface area contributed by atoms with Crippen LogP contribution in [0, 0.1) is 0 Å². The van der Waals surface area contributed by atoms with E-state index >= 15 is 0 Å². The van der Waals surface area contributed by atoms with Crippen LogP contribution in [0.5, 0.6) is 0 Å². The normalized spacial score (nSPS) is 10.9. The first-order chi connectivity index (χ1) is 17.0. The third-order valence-electron chi connectivity index (χ3n) is 6.15. The van der Waals surface area contributed by atoms with Crippen LogP contribution in [0.4, 0.5) is 0 Å². The van der Waals surface area contributed by atoms with Crippen LogP contribution >= 0.6 is 0 Å². The summed E-state index contributed by atoms with van der Waals surface area (Å²) in [5, 5.41) is 2.06. The minimum absolute atomic E-state index is 0.0216. The predicted molar refractivity (Wildman–Crippen MR) is 138 cm³/mol. The number of nitrogens with zero attached hydrogens (tertiary/aromatic N) is 3. The SMILES string of the molecule is COCCN(CC(=O)N(Cc1ccccc1)Cc1cccn1C)C(=O)c1ccc2ccccc2c1. The number of hydrogen-bond acceptors (Lipinski definition) is 3. The Morgan fingerprint density at radius 3 is 2.29 bits per heavy atom. The van der Waals surface area contributed by atoms with Gasteiger partial charge in [0, 0.05) is 44.7 Å². The monoisotopic (exact) mass is 469 g/mol. The summed E-state index contributed by atoms with van der Waals surface area (Å²) in [4.78, 5) is 30.5. The first kappa shape index (κ1) is 24.2. The molecule has 0 unspecified atom stereocenters. The molecule has 3 aromatic carbocycles. The average molecular weight is 470 g/mol. The van der Waals surface area contributed by atoms with E-state index < -0.39 is 0 Å². The Bertz CT molecular complexity index is 1280. The van der Waals surface area contributed by atoms with E-state index in [-0.39, 0.29) is 18.4 Å². The molecule has 4 rings (SSSR count). The summed E-state index contributed by atoms with van der Waals surface area (Å²) in [6.45, 7) is 1.58. The van der Waals surface area contributed by atoms with Crippen molar-refractivity contribution < 1.29 is 14.3 Å². The van der Waals surface area contributed by atoms with Crippen LogP contribution in [0.3, 0.4) is 0 Å². The number of rotatable bonds is 10. The third kappa shape index (κ3) is 6.16. The van der Waals surface area contributed by atoms with Crippen LogP contribution in [0.15, 0.2) is 91.1 Å². The van der Waals surface area contributed by atoms with E-state index in [9.17, 15) is 9.59 Å². The molecule has 1 aromatic heterocycles. The molecule has 0 aliphatic rings. The minimum atomic E-state index is -0.181. The molecule has 0 saturated heterocycles. The van der Waals surface area contributed by atoms with Crippen LogP contribution in [0.25, 0.3) is 10.8 Å². The molecular weight excluding hydrogens is 438 g/mol. The van der Waals surface area contributed by atoms with Crippen molar-refractivity contribution in [2.75, 3.05) is 26.8 Å². The van der Waals surface area contributed by atoms with Gasteiger partial charge in [-0.25, -0.2) is 0 Å². The second-order valence-corrected chi connectivity index (χ2v) is 8.63. The second-order valence-electron chi connectivity index (χ2n) is 8.63. The van der Waals surface area contributed by atoms with Crippen LogP contribution in [0.2, 0.25) is 0 Å². The van der Waals surface area contributed by atoms with Gasteiger partial charge in [0.15, 0.2) is 0 Å². The second kappa shape index (κ2) is 11.5. The van der Waals surface area contributed by atoms with Gasteiger partial charge in [0.2, 0.25) is 5.91 Å². The third-order valence-corrected chi connectivity index (χ3v) is 6.15. The van der Waals surface area contributed by atoms with E-state index in [0.29, 0.717) is 31.8 Å². The summed E-state index contributed by atoms with van der Waals surface area (Å²) in [6.07, 6.45) is 1.97. The van der Waals surface area contributed by atoms with E-state index in [4.69, 9.17) is 4.74 Å². The number of hydrogen-bond donors (Lipinski definition) is 0. The molecule has 0 bridgehead atoms. The quantitative estimate of drug-likeness (QED) is 0.344. The zero-order valence-electron chi connectivity index (χ0n) is 20.3. The molecule has 0 N–H and O–H groups in total. The largest absolute Gasteiger partial charge is 0.383 e. The Balaban J connectivity index is 1.56. The van der Waals surface area contributed by atoms with E-state index in [2.05, 4.69) is 0 Å². The Hall–Kier alpha value is -3.90. The maximum atomic E-state index is 13.6. The molecule has 0 aliphatic carbocycles. The molecule has 0 saturated carbocycles. The van der Waals surface area contributed by atoms with Gasteiger partial charge in [0.05, 0.1) is 13.2 Å². The molecule has 6 heteroatoms. The standard InChI is InChI=1S/C29H31N3O3/c1-30-16-8-13-27(30)21-32(20-23-9-4-3-5-10-23)28(33)22-31(17-18-35-2)29(34)26-15-14-24-11-6-7-12-25(24)19-26/h3-16,19H,17-18,20-22H2,1-2H3. The number of amides is 2. The number of fused-ring (bicyclic) bond motifs is 1. The summed E-state index contributed by atoms with van der Waals surface area (Å²) >= 11 is 0. The lowest BCUT2D eigenvalue weighted by molar-refractivity contribution is -0.133. The molecule has 0 aliphatic heterocycles. The van der Waals surface area contributed by atoms with Crippen molar-refractivity contribution >= 4 is 22.6 Å². The fourth-order valence-corrected chi connectivity index (χ4v) is 4.11. The van der Waals surface area contributed by atoms with Crippen molar-refractivity contribution in [1.29, 1.82) is 0 Å². The maximum Gasteiger partial charge on any atom is 0.254 e. The smallest absolute Gasteiger partial charge is 0.254 e. The van der Waals surface area contributed by atoms with Crippen molar-refractivity contribution in [1.82, 2.24) is 14.4 Å². The number of aryl methyl sites for hydroxylation is 1. The van der Waals surface area contributed by atoms with E-state index in [1.165, 1.54) is 0 Å². The molecule has 0 spiro atoms. The van der Waals surface area contributed by atoms with Crippen LogP contribution in [0.1, 0.15) is 21.6 Å².